The molecule has 1 heterocycles. The third kappa shape index (κ3) is 3.82. The van der Waals surface area contributed by atoms with Crippen molar-refractivity contribution in [3.63, 3.8) is 0 Å². The lowest BCUT2D eigenvalue weighted by Gasteiger charge is -2.12. The minimum atomic E-state index is 0.332. The molecule has 1 aromatic heterocycles. The van der Waals surface area contributed by atoms with Gasteiger partial charge in [0.15, 0.2) is 0 Å². The Morgan fingerprint density at radius 2 is 2.33 bits per heavy atom. The number of hydrogen-bond donors (Lipinski definition) is 1. The van der Waals surface area contributed by atoms with Crippen molar-refractivity contribution in [2.45, 2.75) is 19.9 Å². The number of hydrogen-bond acceptors (Lipinski definition) is 4. The molecule has 1 N–H and O–H groups in total. The smallest absolute Gasteiger partial charge is 0.119 e. The van der Waals surface area contributed by atoms with E-state index in [0.717, 1.165) is 12.3 Å². The fourth-order valence-electron chi connectivity index (χ4n) is 1.69. The van der Waals surface area contributed by atoms with Crippen molar-refractivity contribution in [1.29, 1.82) is 0 Å². The summed E-state index contributed by atoms with van der Waals surface area (Å²) in [6.45, 7) is 5.71. The van der Waals surface area contributed by atoms with Gasteiger partial charge in [-0.3, -0.25) is 4.98 Å². The highest BCUT2D eigenvalue weighted by atomic mass is 32.1. The number of ether oxygens (including phenoxy) is 1. The first kappa shape index (κ1) is 13.1. The average molecular weight is 262 g/mol. The summed E-state index contributed by atoms with van der Waals surface area (Å²) in [4.78, 5) is 5.33. The first-order valence-corrected chi connectivity index (χ1v) is 6.95. The van der Waals surface area contributed by atoms with Crippen LogP contribution in [0.2, 0.25) is 0 Å². The maximum Gasteiger partial charge on any atom is 0.119 e. The molecule has 0 saturated carbocycles. The Hall–Kier alpha value is -1.39. The second-order valence-electron chi connectivity index (χ2n) is 4.24. The van der Waals surface area contributed by atoms with E-state index in [9.17, 15) is 0 Å². The standard InChI is InChI=1S/C14H18N2OS/c1-11-4-3-5-13(8-11)17-7-6-16-12(2)14-9-15-10-18-14/h3-5,8-10,12,16H,6-7H2,1-2H3. The van der Waals surface area contributed by atoms with Crippen LogP contribution in [0, 0.1) is 6.92 Å². The van der Waals surface area contributed by atoms with Gasteiger partial charge in [-0.25, -0.2) is 0 Å². The van der Waals surface area contributed by atoms with Crippen LogP contribution in [0.15, 0.2) is 36.0 Å². The van der Waals surface area contributed by atoms with Gasteiger partial charge in [-0.05, 0) is 31.5 Å². The number of nitrogens with one attached hydrogen (secondary N) is 1. The molecule has 0 aliphatic heterocycles. The zero-order valence-electron chi connectivity index (χ0n) is 10.7. The molecule has 0 spiro atoms. The summed E-state index contributed by atoms with van der Waals surface area (Å²) in [6, 6.07) is 8.44. The minimum absolute atomic E-state index is 0.332. The number of aryl methyl sites for hydroxylation is 1. The van der Waals surface area contributed by atoms with Gasteiger partial charge < -0.3 is 10.1 Å². The summed E-state index contributed by atoms with van der Waals surface area (Å²) in [6.07, 6.45) is 1.91. The van der Waals surface area contributed by atoms with Crippen LogP contribution in [-0.2, 0) is 0 Å². The molecule has 1 aromatic carbocycles. The van der Waals surface area contributed by atoms with E-state index in [-0.39, 0.29) is 0 Å². The first-order chi connectivity index (χ1) is 8.75. The van der Waals surface area contributed by atoms with Gasteiger partial charge in [0.05, 0.1) is 5.51 Å². The van der Waals surface area contributed by atoms with Gasteiger partial charge in [0.2, 0.25) is 0 Å². The van der Waals surface area contributed by atoms with E-state index in [0.29, 0.717) is 12.6 Å². The van der Waals surface area contributed by atoms with Crippen LogP contribution in [0.1, 0.15) is 23.4 Å². The zero-order chi connectivity index (χ0) is 12.8. The van der Waals surface area contributed by atoms with Gasteiger partial charge in [-0.2, -0.15) is 0 Å². The molecule has 2 aromatic rings. The Labute approximate surface area is 112 Å². The first-order valence-electron chi connectivity index (χ1n) is 6.07. The summed E-state index contributed by atoms with van der Waals surface area (Å²) in [7, 11) is 0. The fourth-order valence-corrected chi connectivity index (χ4v) is 2.34. The van der Waals surface area contributed by atoms with E-state index in [1.54, 1.807) is 11.3 Å². The van der Waals surface area contributed by atoms with Gasteiger partial charge in [-0.15, -0.1) is 11.3 Å². The van der Waals surface area contributed by atoms with Gasteiger partial charge in [-0.1, -0.05) is 12.1 Å². The van der Waals surface area contributed by atoms with Crippen molar-refractivity contribution in [2.75, 3.05) is 13.2 Å². The molecule has 0 radical (unpaired) electrons. The highest BCUT2D eigenvalue weighted by Crippen LogP contribution is 2.16. The van der Waals surface area contributed by atoms with Crippen LogP contribution in [0.4, 0.5) is 0 Å². The van der Waals surface area contributed by atoms with Gasteiger partial charge >= 0.3 is 0 Å². The number of nitrogens with zero attached hydrogens (tertiary/aromatic N) is 1. The van der Waals surface area contributed by atoms with Crippen LogP contribution < -0.4 is 10.1 Å². The molecule has 0 amide bonds. The van der Waals surface area contributed by atoms with Crippen molar-refractivity contribution in [1.82, 2.24) is 10.3 Å². The number of benzene rings is 1. The molecule has 0 fully saturated rings. The summed E-state index contributed by atoms with van der Waals surface area (Å²) in [5, 5.41) is 3.42. The Kier molecular flexibility index (Phi) is 4.73. The molecule has 0 saturated heterocycles. The van der Waals surface area contributed by atoms with Crippen LogP contribution in [0.5, 0.6) is 5.75 Å². The molecule has 0 aliphatic rings. The van der Waals surface area contributed by atoms with Gasteiger partial charge in [0.25, 0.3) is 0 Å². The van der Waals surface area contributed by atoms with E-state index in [2.05, 4.69) is 30.2 Å². The number of aromatic nitrogens is 1. The molecular formula is C14H18N2OS. The molecule has 3 nitrogen and oxygen atoms in total. The zero-order valence-corrected chi connectivity index (χ0v) is 11.5. The molecule has 1 unspecified atom stereocenters. The third-order valence-electron chi connectivity index (χ3n) is 2.69. The molecule has 18 heavy (non-hydrogen) atoms. The maximum atomic E-state index is 5.68. The molecule has 1 atom stereocenters. The highest BCUT2D eigenvalue weighted by molar-refractivity contribution is 7.09. The molecule has 4 heteroatoms. The van der Waals surface area contributed by atoms with Crippen molar-refractivity contribution in [3.05, 3.63) is 46.4 Å². The Morgan fingerprint density at radius 1 is 1.44 bits per heavy atom. The van der Waals surface area contributed by atoms with Crippen LogP contribution >= 0.6 is 11.3 Å². The molecular weight excluding hydrogens is 244 g/mol. The maximum absolute atomic E-state index is 5.68. The average Bonchev–Trinajstić information content (AvgIpc) is 2.88. The van der Waals surface area contributed by atoms with Gasteiger partial charge in [0.1, 0.15) is 12.4 Å². The fraction of sp³-hybridized carbons (Fsp3) is 0.357. The lowest BCUT2D eigenvalue weighted by molar-refractivity contribution is 0.308. The van der Waals surface area contributed by atoms with E-state index in [1.165, 1.54) is 10.4 Å². The lowest BCUT2D eigenvalue weighted by Crippen LogP contribution is -2.23. The van der Waals surface area contributed by atoms with Crippen molar-refractivity contribution >= 4 is 11.3 Å². The van der Waals surface area contributed by atoms with Crippen molar-refractivity contribution in [2.24, 2.45) is 0 Å². The predicted octanol–water partition coefficient (Wildman–Crippen LogP) is 3.18. The number of rotatable bonds is 6. The van der Waals surface area contributed by atoms with E-state index in [4.69, 9.17) is 4.74 Å². The molecule has 0 bridgehead atoms. The van der Waals surface area contributed by atoms with Crippen LogP contribution in [-0.4, -0.2) is 18.1 Å². The van der Waals surface area contributed by atoms with Crippen LogP contribution in [0.3, 0.4) is 0 Å². The largest absolute Gasteiger partial charge is 0.492 e. The SMILES string of the molecule is Cc1cccc(OCCNC(C)c2cncs2)c1. The Morgan fingerprint density at radius 3 is 3.06 bits per heavy atom. The molecule has 2 rings (SSSR count). The van der Waals surface area contributed by atoms with Crippen molar-refractivity contribution < 1.29 is 4.74 Å². The molecule has 96 valence electrons. The summed E-state index contributed by atoms with van der Waals surface area (Å²) < 4.78 is 5.68. The van der Waals surface area contributed by atoms with E-state index in [1.807, 2.05) is 29.9 Å². The predicted molar refractivity (Wildman–Crippen MR) is 75.2 cm³/mol. The Bertz CT molecular complexity index is 470. The Balaban J connectivity index is 1.70. The number of thiazole rings is 1. The van der Waals surface area contributed by atoms with E-state index < -0.39 is 0 Å². The second-order valence-corrected chi connectivity index (χ2v) is 5.16. The minimum Gasteiger partial charge on any atom is -0.492 e. The monoisotopic (exact) mass is 262 g/mol. The summed E-state index contributed by atoms with van der Waals surface area (Å²) in [5.74, 6) is 0.933. The summed E-state index contributed by atoms with van der Waals surface area (Å²) >= 11 is 1.67. The molecule has 0 aliphatic carbocycles. The lowest BCUT2D eigenvalue weighted by atomic mass is 10.2. The van der Waals surface area contributed by atoms with Crippen molar-refractivity contribution in [3.8, 4) is 5.75 Å². The highest BCUT2D eigenvalue weighted by Gasteiger charge is 2.05. The topological polar surface area (TPSA) is 34.1 Å². The van der Waals surface area contributed by atoms with E-state index >= 15 is 0 Å². The van der Waals surface area contributed by atoms with Crippen LogP contribution in [0.25, 0.3) is 0 Å². The third-order valence-corrected chi connectivity index (χ3v) is 3.65. The quantitative estimate of drug-likeness (QED) is 0.812. The van der Waals surface area contributed by atoms with Gasteiger partial charge in [0, 0.05) is 23.7 Å². The summed E-state index contributed by atoms with van der Waals surface area (Å²) in [5.41, 5.74) is 3.08. The second kappa shape index (κ2) is 6.52. The normalized spacial score (nSPS) is 12.3.